The number of benzene rings is 1. The molecule has 0 bridgehead atoms. The van der Waals surface area contributed by atoms with E-state index in [1.165, 1.54) is 5.56 Å². The maximum absolute atomic E-state index is 5.80. The highest BCUT2D eigenvalue weighted by molar-refractivity contribution is 5.29. The molecule has 17 heavy (non-hydrogen) atoms. The second-order valence-corrected chi connectivity index (χ2v) is 4.60. The maximum Gasteiger partial charge on any atom is 0.119 e. The van der Waals surface area contributed by atoms with E-state index < -0.39 is 0 Å². The van der Waals surface area contributed by atoms with Crippen LogP contribution in [0.4, 0.5) is 0 Å². The fraction of sp³-hybridized carbons (Fsp3) is 0.467. The zero-order valence-electron chi connectivity index (χ0n) is 11.1. The fourth-order valence-corrected chi connectivity index (χ4v) is 1.59. The molecule has 0 saturated carbocycles. The predicted molar refractivity (Wildman–Crippen MR) is 73.7 cm³/mol. The third-order valence-corrected chi connectivity index (χ3v) is 2.60. The lowest BCUT2D eigenvalue weighted by Gasteiger charge is -2.15. The SMILES string of the molecule is C=CCNCC(C)Oc1ccc(C(C)C)cc1. The van der Waals surface area contributed by atoms with Crippen LogP contribution in [0.3, 0.4) is 0 Å². The van der Waals surface area contributed by atoms with E-state index in [1.807, 2.05) is 18.2 Å². The van der Waals surface area contributed by atoms with Crippen LogP contribution >= 0.6 is 0 Å². The molecule has 0 fully saturated rings. The monoisotopic (exact) mass is 233 g/mol. The Balaban J connectivity index is 2.42. The van der Waals surface area contributed by atoms with Crippen LogP contribution in [-0.4, -0.2) is 19.2 Å². The number of nitrogens with one attached hydrogen (secondary N) is 1. The highest BCUT2D eigenvalue weighted by atomic mass is 16.5. The van der Waals surface area contributed by atoms with Crippen molar-refractivity contribution >= 4 is 0 Å². The number of rotatable bonds is 7. The third kappa shape index (κ3) is 5.05. The largest absolute Gasteiger partial charge is 0.489 e. The molecule has 0 aromatic heterocycles. The average Bonchev–Trinajstić information content (AvgIpc) is 2.30. The zero-order valence-corrected chi connectivity index (χ0v) is 11.1. The Kier molecular flexibility index (Phi) is 5.78. The lowest BCUT2D eigenvalue weighted by Crippen LogP contribution is -2.28. The van der Waals surface area contributed by atoms with Gasteiger partial charge in [0, 0.05) is 13.1 Å². The van der Waals surface area contributed by atoms with Crippen LogP contribution in [0.1, 0.15) is 32.3 Å². The van der Waals surface area contributed by atoms with Crippen LogP contribution in [0.25, 0.3) is 0 Å². The van der Waals surface area contributed by atoms with E-state index >= 15 is 0 Å². The smallest absolute Gasteiger partial charge is 0.119 e. The summed E-state index contributed by atoms with van der Waals surface area (Å²) in [4.78, 5) is 0. The van der Waals surface area contributed by atoms with Crippen molar-refractivity contribution in [2.24, 2.45) is 0 Å². The quantitative estimate of drug-likeness (QED) is 0.576. The first-order chi connectivity index (χ1) is 8.13. The molecule has 1 N–H and O–H groups in total. The van der Waals surface area contributed by atoms with Gasteiger partial charge >= 0.3 is 0 Å². The molecule has 0 amide bonds. The van der Waals surface area contributed by atoms with E-state index in [1.54, 1.807) is 0 Å². The van der Waals surface area contributed by atoms with Gasteiger partial charge < -0.3 is 10.1 Å². The van der Waals surface area contributed by atoms with Crippen molar-refractivity contribution in [3.63, 3.8) is 0 Å². The molecule has 0 heterocycles. The normalized spacial score (nSPS) is 12.5. The van der Waals surface area contributed by atoms with Crippen molar-refractivity contribution < 1.29 is 4.74 Å². The van der Waals surface area contributed by atoms with Gasteiger partial charge in [-0.25, -0.2) is 0 Å². The minimum Gasteiger partial charge on any atom is -0.489 e. The Morgan fingerprint density at radius 2 is 1.88 bits per heavy atom. The van der Waals surface area contributed by atoms with E-state index in [-0.39, 0.29) is 6.10 Å². The minimum absolute atomic E-state index is 0.167. The zero-order chi connectivity index (χ0) is 12.7. The third-order valence-electron chi connectivity index (χ3n) is 2.60. The summed E-state index contributed by atoms with van der Waals surface area (Å²) in [5.74, 6) is 1.50. The van der Waals surface area contributed by atoms with Gasteiger partial charge in [0.25, 0.3) is 0 Å². The molecule has 94 valence electrons. The molecule has 1 atom stereocenters. The van der Waals surface area contributed by atoms with Crippen LogP contribution < -0.4 is 10.1 Å². The van der Waals surface area contributed by atoms with E-state index in [9.17, 15) is 0 Å². The molecule has 0 saturated heterocycles. The van der Waals surface area contributed by atoms with Gasteiger partial charge in [0.05, 0.1) is 0 Å². The highest BCUT2D eigenvalue weighted by Crippen LogP contribution is 2.19. The van der Waals surface area contributed by atoms with Crippen molar-refractivity contribution in [2.45, 2.75) is 32.8 Å². The second kappa shape index (κ2) is 7.13. The molecular formula is C15H23NO. The molecule has 1 aromatic carbocycles. The van der Waals surface area contributed by atoms with Gasteiger partial charge in [0.15, 0.2) is 0 Å². The van der Waals surface area contributed by atoms with Gasteiger partial charge in [0.1, 0.15) is 11.9 Å². The Bertz CT molecular complexity index is 329. The molecule has 0 aliphatic rings. The maximum atomic E-state index is 5.80. The van der Waals surface area contributed by atoms with Crippen LogP contribution in [-0.2, 0) is 0 Å². The summed E-state index contributed by atoms with van der Waals surface area (Å²) in [7, 11) is 0. The second-order valence-electron chi connectivity index (χ2n) is 4.60. The van der Waals surface area contributed by atoms with E-state index in [2.05, 4.69) is 44.8 Å². The summed E-state index contributed by atoms with van der Waals surface area (Å²) in [6, 6.07) is 8.34. The molecule has 2 nitrogen and oxygen atoms in total. The lowest BCUT2D eigenvalue weighted by molar-refractivity contribution is 0.219. The van der Waals surface area contributed by atoms with E-state index in [4.69, 9.17) is 4.74 Å². The van der Waals surface area contributed by atoms with Crippen molar-refractivity contribution in [1.29, 1.82) is 0 Å². The molecular weight excluding hydrogens is 210 g/mol. The number of ether oxygens (including phenoxy) is 1. The van der Waals surface area contributed by atoms with Crippen molar-refractivity contribution in [3.8, 4) is 5.75 Å². The predicted octanol–water partition coefficient (Wildman–Crippen LogP) is 3.35. The van der Waals surface area contributed by atoms with Crippen molar-refractivity contribution in [3.05, 3.63) is 42.5 Å². The first-order valence-electron chi connectivity index (χ1n) is 6.21. The van der Waals surface area contributed by atoms with Gasteiger partial charge in [-0.3, -0.25) is 0 Å². The first kappa shape index (κ1) is 13.8. The molecule has 0 spiro atoms. The summed E-state index contributed by atoms with van der Waals surface area (Å²) in [6.45, 7) is 11.8. The van der Waals surface area contributed by atoms with Gasteiger partial charge in [-0.2, -0.15) is 0 Å². The van der Waals surface area contributed by atoms with Crippen LogP contribution in [0.5, 0.6) is 5.75 Å². The Hall–Kier alpha value is -1.28. The minimum atomic E-state index is 0.167. The molecule has 0 aliphatic heterocycles. The summed E-state index contributed by atoms with van der Waals surface area (Å²) < 4.78 is 5.80. The Morgan fingerprint density at radius 1 is 1.24 bits per heavy atom. The molecule has 0 radical (unpaired) electrons. The Morgan fingerprint density at radius 3 is 2.41 bits per heavy atom. The Labute approximate surface area is 105 Å². The molecule has 0 aliphatic carbocycles. The topological polar surface area (TPSA) is 21.3 Å². The standard InChI is InChI=1S/C15H23NO/c1-5-10-16-11-13(4)17-15-8-6-14(7-9-15)12(2)3/h5-9,12-13,16H,1,10-11H2,2-4H3. The van der Waals surface area contributed by atoms with Gasteiger partial charge in [-0.15, -0.1) is 6.58 Å². The molecule has 1 rings (SSSR count). The fourth-order valence-electron chi connectivity index (χ4n) is 1.59. The van der Waals surface area contributed by atoms with E-state index in [0.29, 0.717) is 5.92 Å². The van der Waals surface area contributed by atoms with Gasteiger partial charge in [0.2, 0.25) is 0 Å². The average molecular weight is 233 g/mol. The van der Waals surface area contributed by atoms with Gasteiger partial charge in [-0.1, -0.05) is 32.1 Å². The molecule has 1 aromatic rings. The molecule has 1 unspecified atom stereocenters. The van der Waals surface area contributed by atoms with Crippen molar-refractivity contribution in [2.75, 3.05) is 13.1 Å². The lowest BCUT2D eigenvalue weighted by atomic mass is 10.0. The summed E-state index contributed by atoms with van der Waals surface area (Å²) in [5, 5.41) is 3.24. The van der Waals surface area contributed by atoms with Crippen LogP contribution in [0.2, 0.25) is 0 Å². The highest BCUT2D eigenvalue weighted by Gasteiger charge is 2.04. The van der Waals surface area contributed by atoms with E-state index in [0.717, 1.165) is 18.8 Å². The number of hydrogen-bond acceptors (Lipinski definition) is 2. The van der Waals surface area contributed by atoms with Crippen LogP contribution in [0, 0.1) is 0 Å². The molecule has 2 heteroatoms. The number of hydrogen-bond donors (Lipinski definition) is 1. The first-order valence-corrected chi connectivity index (χ1v) is 6.21. The van der Waals surface area contributed by atoms with Crippen LogP contribution in [0.15, 0.2) is 36.9 Å². The summed E-state index contributed by atoms with van der Waals surface area (Å²) in [5.41, 5.74) is 1.34. The summed E-state index contributed by atoms with van der Waals surface area (Å²) in [6.07, 6.45) is 2.02. The van der Waals surface area contributed by atoms with Gasteiger partial charge in [-0.05, 0) is 30.5 Å². The summed E-state index contributed by atoms with van der Waals surface area (Å²) >= 11 is 0. The van der Waals surface area contributed by atoms with Crippen molar-refractivity contribution in [1.82, 2.24) is 5.32 Å².